The molecule has 1 aromatic rings. The van der Waals surface area contributed by atoms with Crippen molar-refractivity contribution in [2.75, 3.05) is 6.61 Å². The lowest BCUT2D eigenvalue weighted by Crippen LogP contribution is -2.12. The van der Waals surface area contributed by atoms with E-state index in [-0.39, 0.29) is 11.3 Å². The number of aromatic nitrogens is 2. The van der Waals surface area contributed by atoms with Crippen molar-refractivity contribution in [3.8, 4) is 0 Å². The molecule has 1 unspecified atom stereocenters. The highest BCUT2D eigenvalue weighted by molar-refractivity contribution is 5.19. The van der Waals surface area contributed by atoms with E-state index < -0.39 is 0 Å². The molecule has 0 aliphatic heterocycles. The van der Waals surface area contributed by atoms with Gasteiger partial charge >= 0.3 is 0 Å². The first-order valence-electron chi connectivity index (χ1n) is 5.22. The van der Waals surface area contributed by atoms with Gasteiger partial charge in [0.25, 0.3) is 0 Å². The molecule has 1 aromatic heterocycles. The number of hydrogen-bond acceptors (Lipinski definition) is 3. The Morgan fingerprint density at radius 1 is 1.53 bits per heavy atom. The van der Waals surface area contributed by atoms with Crippen molar-refractivity contribution in [3.63, 3.8) is 0 Å². The molecule has 4 nitrogen and oxygen atoms in total. The Hall–Kier alpha value is -0.870. The molecule has 1 atom stereocenters. The maximum absolute atomic E-state index is 5.08. The van der Waals surface area contributed by atoms with Crippen molar-refractivity contribution >= 4 is 0 Å². The van der Waals surface area contributed by atoms with Crippen LogP contribution in [0.15, 0.2) is 6.07 Å². The first-order valence-corrected chi connectivity index (χ1v) is 5.22. The van der Waals surface area contributed by atoms with Gasteiger partial charge < -0.3 is 4.84 Å². The summed E-state index contributed by atoms with van der Waals surface area (Å²) in [6.45, 7) is 9.06. The van der Waals surface area contributed by atoms with Crippen LogP contribution in [-0.4, -0.2) is 16.4 Å². The molecule has 0 aliphatic rings. The van der Waals surface area contributed by atoms with E-state index in [1.165, 1.54) is 0 Å². The van der Waals surface area contributed by atoms with Crippen LogP contribution in [0, 0.1) is 0 Å². The molecule has 0 bridgehead atoms. The molecule has 1 rings (SSSR count). The molecule has 1 heterocycles. The number of aryl methyl sites for hydroxylation is 1. The molecule has 0 spiro atoms. The highest BCUT2D eigenvalue weighted by atomic mass is 16.6. The van der Waals surface area contributed by atoms with Crippen LogP contribution in [0.4, 0.5) is 0 Å². The SMILES string of the molecule is CC(CON)c1cc(C(C)(C)C)nn1C. The minimum atomic E-state index is 0.0826. The largest absolute Gasteiger partial charge is 0.304 e. The Bertz CT molecular complexity index is 325. The van der Waals surface area contributed by atoms with E-state index in [0.717, 1.165) is 11.4 Å². The van der Waals surface area contributed by atoms with Crippen molar-refractivity contribution in [1.29, 1.82) is 0 Å². The molecule has 86 valence electrons. The van der Waals surface area contributed by atoms with E-state index in [9.17, 15) is 0 Å². The number of rotatable bonds is 3. The molecule has 0 aliphatic carbocycles. The van der Waals surface area contributed by atoms with Gasteiger partial charge in [0.1, 0.15) is 0 Å². The first kappa shape index (κ1) is 12.2. The fourth-order valence-corrected chi connectivity index (χ4v) is 1.54. The second kappa shape index (κ2) is 4.33. The van der Waals surface area contributed by atoms with Crippen molar-refractivity contribution in [3.05, 3.63) is 17.5 Å². The summed E-state index contributed by atoms with van der Waals surface area (Å²) in [6, 6.07) is 2.13. The van der Waals surface area contributed by atoms with Crippen molar-refractivity contribution in [2.24, 2.45) is 12.9 Å². The Labute approximate surface area is 91.4 Å². The van der Waals surface area contributed by atoms with Crippen LogP contribution < -0.4 is 5.90 Å². The lowest BCUT2D eigenvalue weighted by Gasteiger charge is -2.13. The van der Waals surface area contributed by atoms with Crippen LogP contribution in [0.3, 0.4) is 0 Å². The van der Waals surface area contributed by atoms with Crippen LogP contribution in [-0.2, 0) is 17.3 Å². The van der Waals surface area contributed by atoms with E-state index in [1.54, 1.807) is 0 Å². The summed E-state index contributed by atoms with van der Waals surface area (Å²) in [5.74, 6) is 5.35. The van der Waals surface area contributed by atoms with Gasteiger partial charge in [-0.3, -0.25) is 4.68 Å². The molecule has 0 radical (unpaired) electrons. The summed E-state index contributed by atoms with van der Waals surface area (Å²) in [6.07, 6.45) is 0. The molecule has 4 heteroatoms. The topological polar surface area (TPSA) is 53.1 Å². The molecule has 0 aromatic carbocycles. The van der Waals surface area contributed by atoms with Crippen LogP contribution in [0.5, 0.6) is 0 Å². The van der Waals surface area contributed by atoms with Gasteiger partial charge in [-0.2, -0.15) is 5.10 Å². The molecular weight excluding hydrogens is 190 g/mol. The third-order valence-corrected chi connectivity index (χ3v) is 2.54. The lowest BCUT2D eigenvalue weighted by molar-refractivity contribution is 0.125. The van der Waals surface area contributed by atoms with Gasteiger partial charge in [-0.25, -0.2) is 5.90 Å². The quantitative estimate of drug-likeness (QED) is 0.774. The summed E-state index contributed by atoms with van der Waals surface area (Å²) in [5.41, 5.74) is 2.34. The van der Waals surface area contributed by atoms with E-state index in [0.29, 0.717) is 6.61 Å². The Morgan fingerprint density at radius 3 is 2.53 bits per heavy atom. The fourth-order valence-electron chi connectivity index (χ4n) is 1.54. The lowest BCUT2D eigenvalue weighted by atomic mass is 9.91. The standard InChI is InChI=1S/C11H21N3O/c1-8(7-15-12)9-6-10(11(2,3)4)13-14(9)5/h6,8H,7,12H2,1-5H3. The Kier molecular flexibility index (Phi) is 3.52. The molecule has 15 heavy (non-hydrogen) atoms. The minimum absolute atomic E-state index is 0.0826. The fraction of sp³-hybridized carbons (Fsp3) is 0.727. The summed E-state index contributed by atoms with van der Waals surface area (Å²) in [4.78, 5) is 4.67. The number of hydrogen-bond donors (Lipinski definition) is 1. The van der Waals surface area contributed by atoms with E-state index in [4.69, 9.17) is 5.90 Å². The number of nitrogens with two attached hydrogens (primary N) is 1. The van der Waals surface area contributed by atoms with Gasteiger partial charge in [-0.05, 0) is 6.07 Å². The number of nitrogens with zero attached hydrogens (tertiary/aromatic N) is 2. The van der Waals surface area contributed by atoms with Crippen LogP contribution in [0.1, 0.15) is 45.0 Å². The molecular formula is C11H21N3O. The van der Waals surface area contributed by atoms with Crippen molar-refractivity contribution in [1.82, 2.24) is 9.78 Å². The van der Waals surface area contributed by atoms with Crippen LogP contribution >= 0.6 is 0 Å². The summed E-state index contributed by atoms with van der Waals surface area (Å²) in [5, 5.41) is 4.51. The summed E-state index contributed by atoms with van der Waals surface area (Å²) < 4.78 is 1.91. The average Bonchev–Trinajstić information content (AvgIpc) is 2.47. The summed E-state index contributed by atoms with van der Waals surface area (Å²) in [7, 11) is 1.96. The smallest absolute Gasteiger partial charge is 0.0760 e. The zero-order chi connectivity index (χ0) is 11.6. The molecule has 0 saturated carbocycles. The van der Waals surface area contributed by atoms with E-state index in [1.807, 2.05) is 11.7 Å². The second-order valence-corrected chi connectivity index (χ2v) is 5.06. The zero-order valence-electron chi connectivity index (χ0n) is 10.2. The normalized spacial score (nSPS) is 14.3. The predicted molar refractivity (Wildman–Crippen MR) is 60.5 cm³/mol. The van der Waals surface area contributed by atoms with Gasteiger partial charge in [0.15, 0.2) is 0 Å². The monoisotopic (exact) mass is 211 g/mol. The highest BCUT2D eigenvalue weighted by Gasteiger charge is 2.20. The Balaban J connectivity index is 2.96. The molecule has 0 fully saturated rings. The third kappa shape index (κ3) is 2.79. The zero-order valence-corrected chi connectivity index (χ0v) is 10.2. The minimum Gasteiger partial charge on any atom is -0.304 e. The molecule has 2 N–H and O–H groups in total. The Morgan fingerprint density at radius 2 is 2.13 bits per heavy atom. The van der Waals surface area contributed by atoms with Gasteiger partial charge in [-0.15, -0.1) is 0 Å². The molecule has 0 saturated heterocycles. The predicted octanol–water partition coefficient (Wildman–Crippen LogP) is 1.71. The maximum Gasteiger partial charge on any atom is 0.0760 e. The third-order valence-electron chi connectivity index (χ3n) is 2.54. The van der Waals surface area contributed by atoms with E-state index >= 15 is 0 Å². The van der Waals surface area contributed by atoms with Gasteiger partial charge in [0.05, 0.1) is 12.3 Å². The van der Waals surface area contributed by atoms with Crippen molar-refractivity contribution < 1.29 is 4.84 Å². The highest BCUT2D eigenvalue weighted by Crippen LogP contribution is 2.24. The van der Waals surface area contributed by atoms with Crippen LogP contribution in [0.2, 0.25) is 0 Å². The molecule has 0 amide bonds. The van der Waals surface area contributed by atoms with Gasteiger partial charge in [0.2, 0.25) is 0 Å². The van der Waals surface area contributed by atoms with E-state index in [2.05, 4.69) is 43.7 Å². The van der Waals surface area contributed by atoms with Gasteiger partial charge in [-0.1, -0.05) is 27.7 Å². The maximum atomic E-state index is 5.08. The summed E-state index contributed by atoms with van der Waals surface area (Å²) >= 11 is 0. The second-order valence-electron chi connectivity index (χ2n) is 5.06. The van der Waals surface area contributed by atoms with Crippen LogP contribution in [0.25, 0.3) is 0 Å². The first-order chi connectivity index (χ1) is 6.86. The van der Waals surface area contributed by atoms with Gasteiger partial charge in [0, 0.05) is 24.1 Å². The van der Waals surface area contributed by atoms with Crippen molar-refractivity contribution in [2.45, 2.75) is 39.0 Å². The average molecular weight is 211 g/mol.